The molecule has 0 saturated heterocycles. The standard InChI is InChI=1S/C9H15N3O2/c1-7(13)3-9(14)12-6-8(4-10)5-11-2/h4-5,10-11H,3,6H2,1-2H3,(H,12,14)/b8-5+,10-4?. The minimum atomic E-state index is -0.318. The third kappa shape index (κ3) is 5.93. The fourth-order valence-corrected chi connectivity index (χ4v) is 0.818. The molecule has 5 heteroatoms. The third-order valence-electron chi connectivity index (χ3n) is 1.41. The molecule has 0 aromatic rings. The summed E-state index contributed by atoms with van der Waals surface area (Å²) in [5.41, 5.74) is 0.643. The molecule has 0 aliphatic rings. The summed E-state index contributed by atoms with van der Waals surface area (Å²) in [6, 6.07) is 0. The van der Waals surface area contributed by atoms with Gasteiger partial charge < -0.3 is 16.0 Å². The average molecular weight is 197 g/mol. The maximum absolute atomic E-state index is 11.0. The van der Waals surface area contributed by atoms with Gasteiger partial charge in [0.25, 0.3) is 0 Å². The van der Waals surface area contributed by atoms with Gasteiger partial charge in [0.1, 0.15) is 5.78 Å². The van der Waals surface area contributed by atoms with Crippen molar-refractivity contribution in [1.29, 1.82) is 5.41 Å². The van der Waals surface area contributed by atoms with E-state index in [1.807, 2.05) is 0 Å². The summed E-state index contributed by atoms with van der Waals surface area (Å²) >= 11 is 0. The molecule has 78 valence electrons. The number of hydrogen-bond donors (Lipinski definition) is 3. The van der Waals surface area contributed by atoms with Crippen LogP contribution in [0, 0.1) is 5.41 Å². The van der Waals surface area contributed by atoms with Gasteiger partial charge in [0.05, 0.1) is 6.42 Å². The van der Waals surface area contributed by atoms with Gasteiger partial charge in [-0.25, -0.2) is 0 Å². The molecule has 3 N–H and O–H groups in total. The van der Waals surface area contributed by atoms with Crippen molar-refractivity contribution >= 4 is 17.9 Å². The van der Waals surface area contributed by atoms with Crippen LogP contribution in [0.2, 0.25) is 0 Å². The van der Waals surface area contributed by atoms with E-state index >= 15 is 0 Å². The van der Waals surface area contributed by atoms with Crippen LogP contribution < -0.4 is 10.6 Å². The van der Waals surface area contributed by atoms with E-state index in [0.717, 1.165) is 6.21 Å². The second kappa shape index (κ2) is 6.82. The Morgan fingerprint density at radius 1 is 1.43 bits per heavy atom. The number of carbonyl (C=O) groups excluding carboxylic acids is 2. The molecule has 0 atom stereocenters. The molecule has 0 aromatic heterocycles. The number of Topliss-reactive ketones (excluding diaryl/α,β-unsaturated/α-hetero) is 1. The number of nitrogens with one attached hydrogen (secondary N) is 3. The summed E-state index contributed by atoms with van der Waals surface area (Å²) in [7, 11) is 1.71. The minimum absolute atomic E-state index is 0.106. The lowest BCUT2D eigenvalue weighted by atomic mass is 10.2. The van der Waals surface area contributed by atoms with Crippen LogP contribution in [-0.2, 0) is 9.59 Å². The van der Waals surface area contributed by atoms with Gasteiger partial charge in [0, 0.05) is 31.6 Å². The molecular formula is C9H15N3O2. The Kier molecular flexibility index (Phi) is 6.02. The SMILES string of the molecule is CN/C=C(\C=N)CNC(=O)CC(C)=O. The highest BCUT2D eigenvalue weighted by Crippen LogP contribution is 1.87. The lowest BCUT2D eigenvalue weighted by molar-refractivity contribution is -0.127. The first-order valence-corrected chi connectivity index (χ1v) is 4.23. The molecule has 0 aromatic carbocycles. The summed E-state index contributed by atoms with van der Waals surface area (Å²) in [5, 5.41) is 12.3. The molecule has 0 aliphatic heterocycles. The first-order chi connectivity index (χ1) is 6.60. The Morgan fingerprint density at radius 3 is 2.50 bits per heavy atom. The topological polar surface area (TPSA) is 82.1 Å². The Hall–Kier alpha value is -1.65. The van der Waals surface area contributed by atoms with Crippen LogP contribution in [0.15, 0.2) is 11.8 Å². The highest BCUT2D eigenvalue weighted by molar-refractivity contribution is 5.97. The molecule has 14 heavy (non-hydrogen) atoms. The largest absolute Gasteiger partial charge is 0.394 e. The molecular weight excluding hydrogens is 182 g/mol. The first kappa shape index (κ1) is 12.3. The van der Waals surface area contributed by atoms with E-state index in [2.05, 4.69) is 10.6 Å². The highest BCUT2D eigenvalue weighted by atomic mass is 16.2. The number of carbonyl (C=O) groups is 2. The van der Waals surface area contributed by atoms with E-state index in [4.69, 9.17) is 5.41 Å². The van der Waals surface area contributed by atoms with E-state index in [1.165, 1.54) is 6.92 Å². The second-order valence-corrected chi connectivity index (χ2v) is 2.81. The molecule has 0 rings (SSSR count). The molecule has 0 heterocycles. The van der Waals surface area contributed by atoms with Crippen LogP contribution in [0.5, 0.6) is 0 Å². The molecule has 0 aliphatic carbocycles. The fourth-order valence-electron chi connectivity index (χ4n) is 0.818. The zero-order chi connectivity index (χ0) is 11.0. The lowest BCUT2D eigenvalue weighted by Gasteiger charge is -2.03. The van der Waals surface area contributed by atoms with Crippen molar-refractivity contribution < 1.29 is 9.59 Å². The van der Waals surface area contributed by atoms with Crippen molar-refractivity contribution in [1.82, 2.24) is 10.6 Å². The third-order valence-corrected chi connectivity index (χ3v) is 1.41. The normalized spacial score (nSPS) is 10.6. The van der Waals surface area contributed by atoms with Gasteiger partial charge in [-0.2, -0.15) is 0 Å². The maximum Gasteiger partial charge on any atom is 0.227 e. The van der Waals surface area contributed by atoms with Gasteiger partial charge in [-0.1, -0.05) is 0 Å². The van der Waals surface area contributed by atoms with E-state index in [9.17, 15) is 9.59 Å². The van der Waals surface area contributed by atoms with Crippen LogP contribution in [0.1, 0.15) is 13.3 Å². The van der Waals surface area contributed by atoms with Crippen LogP contribution in [-0.4, -0.2) is 31.5 Å². The number of rotatable bonds is 6. The van der Waals surface area contributed by atoms with Gasteiger partial charge in [-0.15, -0.1) is 0 Å². The first-order valence-electron chi connectivity index (χ1n) is 4.23. The molecule has 1 amide bonds. The van der Waals surface area contributed by atoms with Gasteiger partial charge >= 0.3 is 0 Å². The second-order valence-electron chi connectivity index (χ2n) is 2.81. The summed E-state index contributed by atoms with van der Waals surface area (Å²) in [4.78, 5) is 21.6. The van der Waals surface area contributed by atoms with Crippen molar-refractivity contribution in [3.8, 4) is 0 Å². The molecule has 0 radical (unpaired) electrons. The minimum Gasteiger partial charge on any atom is -0.394 e. The molecule has 5 nitrogen and oxygen atoms in total. The maximum atomic E-state index is 11.0. The summed E-state index contributed by atoms with van der Waals surface area (Å²) in [6.45, 7) is 1.62. The van der Waals surface area contributed by atoms with Gasteiger partial charge in [-0.05, 0) is 6.92 Å². The van der Waals surface area contributed by atoms with Gasteiger partial charge in [0.2, 0.25) is 5.91 Å². The van der Waals surface area contributed by atoms with Crippen molar-refractivity contribution in [3.05, 3.63) is 11.8 Å². The summed E-state index contributed by atoms with van der Waals surface area (Å²) in [6.07, 6.45) is 2.65. The van der Waals surface area contributed by atoms with Crippen LogP contribution in [0.25, 0.3) is 0 Å². The Bertz CT molecular complexity index is 259. The molecule has 0 fully saturated rings. The molecule has 0 bridgehead atoms. The molecule has 0 spiro atoms. The van der Waals surface area contributed by atoms with Crippen molar-refractivity contribution in [2.75, 3.05) is 13.6 Å². The van der Waals surface area contributed by atoms with E-state index in [0.29, 0.717) is 5.57 Å². The van der Waals surface area contributed by atoms with Crippen molar-refractivity contribution in [2.24, 2.45) is 0 Å². The number of amides is 1. The van der Waals surface area contributed by atoms with Gasteiger partial charge in [0.15, 0.2) is 0 Å². The van der Waals surface area contributed by atoms with Crippen molar-refractivity contribution in [3.63, 3.8) is 0 Å². The van der Waals surface area contributed by atoms with Crippen LogP contribution in [0.3, 0.4) is 0 Å². The predicted octanol–water partition coefficient (Wildman–Crippen LogP) is -0.165. The fraction of sp³-hybridized carbons (Fsp3) is 0.444. The Labute approximate surface area is 83.1 Å². The van der Waals surface area contributed by atoms with Crippen molar-refractivity contribution in [2.45, 2.75) is 13.3 Å². The average Bonchev–Trinajstić information content (AvgIpc) is 2.11. The van der Waals surface area contributed by atoms with E-state index < -0.39 is 0 Å². The monoisotopic (exact) mass is 197 g/mol. The summed E-state index contributed by atoms with van der Waals surface area (Å²) in [5.74, 6) is -0.488. The Morgan fingerprint density at radius 2 is 2.07 bits per heavy atom. The van der Waals surface area contributed by atoms with E-state index in [1.54, 1.807) is 13.2 Å². The molecule has 0 unspecified atom stereocenters. The molecule has 0 saturated carbocycles. The lowest BCUT2D eigenvalue weighted by Crippen LogP contribution is -2.27. The number of hydrogen-bond acceptors (Lipinski definition) is 4. The van der Waals surface area contributed by atoms with E-state index in [-0.39, 0.29) is 24.7 Å². The van der Waals surface area contributed by atoms with Crippen LogP contribution in [0.4, 0.5) is 0 Å². The smallest absolute Gasteiger partial charge is 0.227 e. The number of ketones is 1. The Balaban J connectivity index is 3.91. The quantitative estimate of drug-likeness (QED) is 0.408. The zero-order valence-corrected chi connectivity index (χ0v) is 8.39. The van der Waals surface area contributed by atoms with Gasteiger partial charge in [-0.3, -0.25) is 9.59 Å². The summed E-state index contributed by atoms with van der Waals surface area (Å²) < 4.78 is 0. The zero-order valence-electron chi connectivity index (χ0n) is 8.39. The van der Waals surface area contributed by atoms with Crippen LogP contribution >= 0.6 is 0 Å². The predicted molar refractivity (Wildman–Crippen MR) is 54.2 cm³/mol. The highest BCUT2D eigenvalue weighted by Gasteiger charge is 2.04.